The summed E-state index contributed by atoms with van der Waals surface area (Å²) in [6.45, 7) is 2.59. The van der Waals surface area contributed by atoms with Crippen molar-refractivity contribution in [2.24, 2.45) is 0 Å². The largest absolute Gasteiger partial charge is 0.494 e. The maximum Gasteiger partial charge on any atom is 0.189 e. The first kappa shape index (κ1) is 12.7. The van der Waals surface area contributed by atoms with Crippen molar-refractivity contribution < 1.29 is 9.53 Å². The number of imidazole rings is 1. The number of ether oxygens (including phenoxy) is 1. The first-order valence-corrected chi connectivity index (χ1v) is 6.77. The third kappa shape index (κ3) is 2.37. The molecule has 0 radical (unpaired) electrons. The van der Waals surface area contributed by atoms with E-state index in [1.165, 1.54) is 0 Å². The molecule has 3 rings (SSSR count). The van der Waals surface area contributed by atoms with Crippen molar-refractivity contribution in [2.75, 3.05) is 6.61 Å². The van der Waals surface area contributed by atoms with Crippen molar-refractivity contribution in [3.8, 4) is 5.75 Å². The fourth-order valence-corrected chi connectivity index (χ4v) is 2.48. The lowest BCUT2D eigenvalue weighted by molar-refractivity contribution is 0.102. The Balaban J connectivity index is 1.91. The number of hydrogen-bond donors (Lipinski definition) is 1. The molecule has 0 fully saturated rings. The number of hydrogen-bond acceptors (Lipinski definition) is 3. The van der Waals surface area contributed by atoms with Crippen molar-refractivity contribution in [2.45, 2.75) is 19.8 Å². The molecule has 1 aliphatic rings. The zero-order valence-corrected chi connectivity index (χ0v) is 11.3. The van der Waals surface area contributed by atoms with Crippen LogP contribution in [0.15, 0.2) is 36.3 Å². The molecule has 0 saturated heterocycles. The summed E-state index contributed by atoms with van der Waals surface area (Å²) in [5.41, 5.74) is 3.54. The van der Waals surface area contributed by atoms with E-state index in [4.69, 9.17) is 4.74 Å². The minimum absolute atomic E-state index is 0.101. The predicted octanol–water partition coefficient (Wildman–Crippen LogP) is 3.02. The van der Waals surface area contributed by atoms with Crippen molar-refractivity contribution in [1.82, 2.24) is 9.97 Å². The third-order valence-corrected chi connectivity index (χ3v) is 3.44. The van der Waals surface area contributed by atoms with Crippen LogP contribution >= 0.6 is 0 Å². The number of ketones is 1. The van der Waals surface area contributed by atoms with Gasteiger partial charge in [0.15, 0.2) is 5.78 Å². The normalized spacial score (nSPS) is 16.2. The molecule has 0 aliphatic heterocycles. The molecular formula is C16H16N2O2. The lowest BCUT2D eigenvalue weighted by atomic mass is 9.86. The minimum Gasteiger partial charge on any atom is -0.494 e. The van der Waals surface area contributed by atoms with E-state index >= 15 is 0 Å². The molecule has 1 N–H and O–H groups in total. The molecule has 1 heterocycles. The van der Waals surface area contributed by atoms with Crippen LogP contribution in [-0.2, 0) is 6.42 Å². The number of allylic oxidation sites excluding steroid dienone is 1. The highest BCUT2D eigenvalue weighted by Crippen LogP contribution is 2.29. The van der Waals surface area contributed by atoms with Gasteiger partial charge in [-0.05, 0) is 49.6 Å². The number of rotatable bonds is 3. The van der Waals surface area contributed by atoms with Gasteiger partial charge >= 0.3 is 0 Å². The lowest BCUT2D eigenvalue weighted by Crippen LogP contribution is -2.14. The SMILES string of the molecule is CCOc1ccc2c(c1)CCC(=Cc1cnc[nH]1)C2=O. The molecule has 4 heteroatoms. The van der Waals surface area contributed by atoms with Crippen molar-refractivity contribution in [3.63, 3.8) is 0 Å². The van der Waals surface area contributed by atoms with E-state index in [-0.39, 0.29) is 5.78 Å². The number of Topliss-reactive ketones (excluding diaryl/α,β-unsaturated/α-hetero) is 1. The Bertz CT molecular complexity index is 657. The Morgan fingerprint density at radius 3 is 3.05 bits per heavy atom. The second kappa shape index (κ2) is 5.33. The predicted molar refractivity (Wildman–Crippen MR) is 76.8 cm³/mol. The zero-order valence-electron chi connectivity index (χ0n) is 11.3. The second-order valence-electron chi connectivity index (χ2n) is 4.76. The molecule has 1 aromatic heterocycles. The van der Waals surface area contributed by atoms with E-state index in [0.29, 0.717) is 6.61 Å². The molecule has 1 aromatic carbocycles. The summed E-state index contributed by atoms with van der Waals surface area (Å²) in [6, 6.07) is 5.70. The number of carbonyl (C=O) groups is 1. The van der Waals surface area contributed by atoms with Crippen LogP contribution < -0.4 is 4.74 Å². The summed E-state index contributed by atoms with van der Waals surface area (Å²) in [7, 11) is 0. The maximum absolute atomic E-state index is 12.5. The Hall–Kier alpha value is -2.36. The Morgan fingerprint density at radius 1 is 1.40 bits per heavy atom. The van der Waals surface area contributed by atoms with Gasteiger partial charge < -0.3 is 9.72 Å². The molecule has 0 unspecified atom stereocenters. The van der Waals surface area contributed by atoms with Crippen molar-refractivity contribution in [1.29, 1.82) is 0 Å². The van der Waals surface area contributed by atoms with Gasteiger partial charge in [0, 0.05) is 11.1 Å². The van der Waals surface area contributed by atoms with Gasteiger partial charge in [-0.2, -0.15) is 0 Å². The number of fused-ring (bicyclic) bond motifs is 1. The van der Waals surface area contributed by atoms with Gasteiger partial charge in [0.1, 0.15) is 5.75 Å². The van der Waals surface area contributed by atoms with Crippen LogP contribution in [0.1, 0.15) is 35.0 Å². The smallest absolute Gasteiger partial charge is 0.189 e. The molecule has 0 saturated carbocycles. The molecule has 0 atom stereocenters. The minimum atomic E-state index is 0.101. The molecule has 20 heavy (non-hydrogen) atoms. The van der Waals surface area contributed by atoms with Gasteiger partial charge in [-0.15, -0.1) is 0 Å². The first-order valence-electron chi connectivity index (χ1n) is 6.77. The topological polar surface area (TPSA) is 55.0 Å². The van der Waals surface area contributed by atoms with Crippen LogP contribution in [0.3, 0.4) is 0 Å². The average molecular weight is 268 g/mol. The standard InChI is InChI=1S/C16H16N2O2/c1-2-20-14-5-6-15-11(8-14)3-4-12(16(15)19)7-13-9-17-10-18-13/h5-10H,2-4H2,1H3,(H,17,18). The number of benzene rings is 1. The van der Waals surface area contributed by atoms with Gasteiger partial charge in [-0.3, -0.25) is 4.79 Å². The second-order valence-corrected chi connectivity index (χ2v) is 4.76. The van der Waals surface area contributed by atoms with Gasteiger partial charge in [0.25, 0.3) is 0 Å². The molecule has 4 nitrogen and oxygen atoms in total. The van der Waals surface area contributed by atoms with Crippen LogP contribution in [0.2, 0.25) is 0 Å². The molecule has 0 spiro atoms. The average Bonchev–Trinajstić information content (AvgIpc) is 2.95. The van der Waals surface area contributed by atoms with Crippen molar-refractivity contribution >= 4 is 11.9 Å². The van der Waals surface area contributed by atoms with Crippen LogP contribution in [0.5, 0.6) is 5.75 Å². The fraction of sp³-hybridized carbons (Fsp3) is 0.250. The highest BCUT2D eigenvalue weighted by molar-refractivity contribution is 6.13. The van der Waals surface area contributed by atoms with Gasteiger partial charge in [-0.25, -0.2) is 4.98 Å². The number of aromatic amines is 1. The molecule has 0 bridgehead atoms. The zero-order chi connectivity index (χ0) is 13.9. The number of nitrogens with zero attached hydrogens (tertiary/aromatic N) is 1. The summed E-state index contributed by atoms with van der Waals surface area (Å²) < 4.78 is 5.48. The van der Waals surface area contributed by atoms with Crippen LogP contribution in [0.4, 0.5) is 0 Å². The Morgan fingerprint density at radius 2 is 2.30 bits per heavy atom. The van der Waals surface area contributed by atoms with E-state index in [0.717, 1.165) is 41.0 Å². The van der Waals surface area contributed by atoms with E-state index in [2.05, 4.69) is 9.97 Å². The number of aromatic nitrogens is 2. The van der Waals surface area contributed by atoms with Gasteiger partial charge in [-0.1, -0.05) is 0 Å². The van der Waals surface area contributed by atoms with Crippen LogP contribution in [0, 0.1) is 0 Å². The summed E-state index contributed by atoms with van der Waals surface area (Å²) in [5, 5.41) is 0. The summed E-state index contributed by atoms with van der Waals surface area (Å²) in [5.74, 6) is 0.934. The monoisotopic (exact) mass is 268 g/mol. The molecular weight excluding hydrogens is 252 g/mol. The molecule has 0 amide bonds. The van der Waals surface area contributed by atoms with E-state index in [1.54, 1.807) is 12.5 Å². The molecule has 1 aliphatic carbocycles. The third-order valence-electron chi connectivity index (χ3n) is 3.44. The van der Waals surface area contributed by atoms with Gasteiger partial charge in [0.05, 0.1) is 24.8 Å². The number of aryl methyl sites for hydroxylation is 1. The number of carbonyl (C=O) groups excluding carboxylic acids is 1. The number of nitrogens with one attached hydrogen (secondary N) is 1. The highest BCUT2D eigenvalue weighted by atomic mass is 16.5. The van der Waals surface area contributed by atoms with E-state index < -0.39 is 0 Å². The van der Waals surface area contributed by atoms with Gasteiger partial charge in [0.2, 0.25) is 0 Å². The van der Waals surface area contributed by atoms with Crippen molar-refractivity contribution in [3.05, 3.63) is 53.1 Å². The Labute approximate surface area is 117 Å². The highest BCUT2D eigenvalue weighted by Gasteiger charge is 2.22. The molecule has 102 valence electrons. The Kier molecular flexibility index (Phi) is 3.37. The first-order chi connectivity index (χ1) is 9.78. The number of H-pyrrole nitrogens is 1. The summed E-state index contributed by atoms with van der Waals surface area (Å²) in [4.78, 5) is 19.4. The maximum atomic E-state index is 12.5. The van der Waals surface area contributed by atoms with E-state index in [1.807, 2.05) is 31.2 Å². The van der Waals surface area contributed by atoms with E-state index in [9.17, 15) is 4.79 Å². The quantitative estimate of drug-likeness (QED) is 0.870. The van der Waals surface area contributed by atoms with Crippen LogP contribution in [0.25, 0.3) is 6.08 Å². The summed E-state index contributed by atoms with van der Waals surface area (Å²) >= 11 is 0. The lowest BCUT2D eigenvalue weighted by Gasteiger charge is -2.18. The molecule has 2 aromatic rings. The summed E-state index contributed by atoms with van der Waals surface area (Å²) in [6.07, 6.45) is 6.83. The fourth-order valence-electron chi connectivity index (χ4n) is 2.48. The van der Waals surface area contributed by atoms with Crippen LogP contribution in [-0.4, -0.2) is 22.4 Å².